The molecule has 1 aromatic rings. The second kappa shape index (κ2) is 4.11. The van der Waals surface area contributed by atoms with Crippen LogP contribution in [0, 0.1) is 0 Å². The van der Waals surface area contributed by atoms with Crippen molar-refractivity contribution in [2.75, 3.05) is 13.1 Å². The van der Waals surface area contributed by atoms with Crippen molar-refractivity contribution in [2.24, 2.45) is 0 Å². The third-order valence-electron chi connectivity index (χ3n) is 3.70. The van der Waals surface area contributed by atoms with Crippen molar-refractivity contribution in [3.8, 4) is 0 Å². The summed E-state index contributed by atoms with van der Waals surface area (Å²) in [4.78, 5) is 0. The number of ether oxygens (including phenoxy) is 1. The van der Waals surface area contributed by atoms with Crippen LogP contribution in [-0.4, -0.2) is 18.7 Å². The third kappa shape index (κ3) is 2.53. The fourth-order valence-corrected chi connectivity index (χ4v) is 2.56. The monoisotopic (exact) mass is 231 g/mol. The summed E-state index contributed by atoms with van der Waals surface area (Å²) in [6.07, 6.45) is 2.94. The highest BCUT2D eigenvalue weighted by atomic mass is 16.5. The highest BCUT2D eigenvalue weighted by molar-refractivity contribution is 5.29. The van der Waals surface area contributed by atoms with Gasteiger partial charge in [-0.15, -0.1) is 0 Å². The van der Waals surface area contributed by atoms with Gasteiger partial charge < -0.3 is 10.1 Å². The SMILES string of the molecule is CC1(C)CNCC(c2ccc(C3CC3)cc2)O1. The first kappa shape index (κ1) is 11.2. The highest BCUT2D eigenvalue weighted by Gasteiger charge is 2.29. The zero-order valence-electron chi connectivity index (χ0n) is 10.7. The first-order valence-electron chi connectivity index (χ1n) is 6.62. The molecule has 0 spiro atoms. The van der Waals surface area contributed by atoms with Crippen molar-refractivity contribution in [3.05, 3.63) is 35.4 Å². The van der Waals surface area contributed by atoms with E-state index in [0.29, 0.717) is 0 Å². The fourth-order valence-electron chi connectivity index (χ4n) is 2.56. The van der Waals surface area contributed by atoms with E-state index in [1.807, 2.05) is 0 Å². The van der Waals surface area contributed by atoms with Crippen LogP contribution in [-0.2, 0) is 4.74 Å². The van der Waals surface area contributed by atoms with E-state index >= 15 is 0 Å². The molecule has 0 bridgehead atoms. The minimum absolute atomic E-state index is 0.0575. The first-order chi connectivity index (χ1) is 8.14. The van der Waals surface area contributed by atoms with Crippen LogP contribution in [0.1, 0.15) is 49.8 Å². The third-order valence-corrected chi connectivity index (χ3v) is 3.70. The molecule has 0 aromatic heterocycles. The van der Waals surface area contributed by atoms with E-state index in [4.69, 9.17) is 4.74 Å². The molecule has 3 rings (SSSR count). The second-order valence-electron chi connectivity index (χ2n) is 5.94. The lowest BCUT2D eigenvalue weighted by molar-refractivity contribution is -0.0958. The molecule has 1 unspecified atom stereocenters. The average Bonchev–Trinajstić information content (AvgIpc) is 3.12. The summed E-state index contributed by atoms with van der Waals surface area (Å²) in [6, 6.07) is 9.03. The van der Waals surface area contributed by atoms with Crippen molar-refractivity contribution in [1.29, 1.82) is 0 Å². The van der Waals surface area contributed by atoms with Gasteiger partial charge in [-0.3, -0.25) is 0 Å². The number of benzene rings is 1. The summed E-state index contributed by atoms with van der Waals surface area (Å²) in [5.41, 5.74) is 2.74. The summed E-state index contributed by atoms with van der Waals surface area (Å²) in [5, 5.41) is 3.45. The number of nitrogens with one attached hydrogen (secondary N) is 1. The molecule has 2 nitrogen and oxygen atoms in total. The van der Waals surface area contributed by atoms with Gasteiger partial charge in [0, 0.05) is 13.1 Å². The Balaban J connectivity index is 1.74. The predicted octanol–water partition coefficient (Wildman–Crippen LogP) is 3.00. The largest absolute Gasteiger partial charge is 0.365 e. The van der Waals surface area contributed by atoms with Crippen LogP contribution in [0.15, 0.2) is 24.3 Å². The fraction of sp³-hybridized carbons (Fsp3) is 0.600. The van der Waals surface area contributed by atoms with E-state index in [2.05, 4.69) is 43.4 Å². The zero-order valence-corrected chi connectivity index (χ0v) is 10.7. The van der Waals surface area contributed by atoms with Gasteiger partial charge in [-0.1, -0.05) is 24.3 Å². The van der Waals surface area contributed by atoms with Crippen LogP contribution in [0.3, 0.4) is 0 Å². The van der Waals surface area contributed by atoms with E-state index in [1.54, 1.807) is 0 Å². The van der Waals surface area contributed by atoms with Crippen LogP contribution in [0.2, 0.25) is 0 Å². The first-order valence-corrected chi connectivity index (χ1v) is 6.62. The van der Waals surface area contributed by atoms with E-state index in [0.717, 1.165) is 19.0 Å². The van der Waals surface area contributed by atoms with Gasteiger partial charge in [-0.2, -0.15) is 0 Å². The summed E-state index contributed by atoms with van der Waals surface area (Å²) in [5.74, 6) is 0.839. The summed E-state index contributed by atoms with van der Waals surface area (Å²) in [6.45, 7) is 6.14. The molecule has 92 valence electrons. The maximum atomic E-state index is 6.11. The minimum atomic E-state index is -0.0575. The minimum Gasteiger partial charge on any atom is -0.365 e. The maximum Gasteiger partial charge on any atom is 0.0957 e. The highest BCUT2D eigenvalue weighted by Crippen LogP contribution is 2.40. The Labute approximate surface area is 103 Å². The van der Waals surface area contributed by atoms with Crippen LogP contribution in [0.4, 0.5) is 0 Å². The van der Waals surface area contributed by atoms with E-state index in [1.165, 1.54) is 24.0 Å². The van der Waals surface area contributed by atoms with E-state index in [-0.39, 0.29) is 11.7 Å². The molecule has 2 aliphatic rings. The summed E-state index contributed by atoms with van der Waals surface area (Å²) >= 11 is 0. The average molecular weight is 231 g/mol. The number of morpholine rings is 1. The topological polar surface area (TPSA) is 21.3 Å². The van der Waals surface area contributed by atoms with Crippen LogP contribution in [0.25, 0.3) is 0 Å². The normalized spacial score (nSPS) is 28.0. The van der Waals surface area contributed by atoms with Crippen molar-refractivity contribution in [3.63, 3.8) is 0 Å². The molecule has 1 heterocycles. The van der Waals surface area contributed by atoms with Gasteiger partial charge in [0.2, 0.25) is 0 Å². The summed E-state index contributed by atoms with van der Waals surface area (Å²) in [7, 11) is 0. The molecule has 1 saturated carbocycles. The Kier molecular flexibility index (Phi) is 2.72. The molecule has 1 atom stereocenters. The Bertz CT molecular complexity index is 392. The lowest BCUT2D eigenvalue weighted by Crippen LogP contribution is -2.46. The molecule has 1 N–H and O–H groups in total. The van der Waals surface area contributed by atoms with Crippen LogP contribution >= 0.6 is 0 Å². The number of rotatable bonds is 2. The predicted molar refractivity (Wildman–Crippen MR) is 69.2 cm³/mol. The number of hydrogen-bond acceptors (Lipinski definition) is 2. The van der Waals surface area contributed by atoms with E-state index < -0.39 is 0 Å². The zero-order chi connectivity index (χ0) is 11.9. The molecule has 2 heteroatoms. The van der Waals surface area contributed by atoms with Crippen molar-refractivity contribution < 1.29 is 4.74 Å². The Morgan fingerprint density at radius 1 is 1.12 bits per heavy atom. The van der Waals surface area contributed by atoms with Gasteiger partial charge in [-0.25, -0.2) is 0 Å². The number of hydrogen-bond donors (Lipinski definition) is 1. The molecule has 1 aliphatic heterocycles. The summed E-state index contributed by atoms with van der Waals surface area (Å²) < 4.78 is 6.11. The second-order valence-corrected chi connectivity index (χ2v) is 5.94. The van der Waals surface area contributed by atoms with Gasteiger partial charge in [0.05, 0.1) is 11.7 Å². The van der Waals surface area contributed by atoms with Crippen molar-refractivity contribution in [1.82, 2.24) is 5.32 Å². The van der Waals surface area contributed by atoms with Crippen LogP contribution in [0.5, 0.6) is 0 Å². The molecular weight excluding hydrogens is 210 g/mol. The van der Waals surface area contributed by atoms with Gasteiger partial charge in [0.25, 0.3) is 0 Å². The Hall–Kier alpha value is -0.860. The standard InChI is InChI=1S/C15H21NO/c1-15(2)10-16-9-14(17-15)13-7-5-12(6-8-13)11-3-4-11/h5-8,11,14,16H,3-4,9-10H2,1-2H3. The molecule has 2 fully saturated rings. The molecule has 1 aromatic carbocycles. The van der Waals surface area contributed by atoms with Crippen molar-refractivity contribution in [2.45, 2.75) is 44.3 Å². The molecular formula is C15H21NO. The molecule has 0 amide bonds. The molecule has 1 saturated heterocycles. The van der Waals surface area contributed by atoms with Crippen LogP contribution < -0.4 is 5.32 Å². The Morgan fingerprint density at radius 3 is 2.35 bits per heavy atom. The molecule has 1 aliphatic carbocycles. The van der Waals surface area contributed by atoms with Gasteiger partial charge in [-0.05, 0) is 43.7 Å². The van der Waals surface area contributed by atoms with E-state index in [9.17, 15) is 0 Å². The van der Waals surface area contributed by atoms with Gasteiger partial charge in [0.15, 0.2) is 0 Å². The Morgan fingerprint density at radius 2 is 1.76 bits per heavy atom. The van der Waals surface area contributed by atoms with Gasteiger partial charge in [0.1, 0.15) is 0 Å². The quantitative estimate of drug-likeness (QED) is 0.845. The molecule has 0 radical (unpaired) electrons. The lowest BCUT2D eigenvalue weighted by atomic mass is 10.0. The van der Waals surface area contributed by atoms with Gasteiger partial charge >= 0.3 is 0 Å². The van der Waals surface area contributed by atoms with Crippen molar-refractivity contribution >= 4 is 0 Å². The smallest absolute Gasteiger partial charge is 0.0957 e. The maximum absolute atomic E-state index is 6.11. The molecule has 17 heavy (non-hydrogen) atoms. The lowest BCUT2D eigenvalue weighted by Gasteiger charge is -2.36.